The van der Waals surface area contributed by atoms with Gasteiger partial charge < -0.3 is 5.32 Å². The van der Waals surface area contributed by atoms with Crippen LogP contribution in [0, 0.1) is 5.41 Å². The van der Waals surface area contributed by atoms with Crippen LogP contribution in [0.25, 0.3) is 0 Å². The first-order valence-electron chi connectivity index (χ1n) is 7.74. The van der Waals surface area contributed by atoms with E-state index in [-0.39, 0.29) is 5.41 Å². The molecule has 21 heavy (non-hydrogen) atoms. The molecule has 0 spiro atoms. The first-order chi connectivity index (χ1) is 9.95. The van der Waals surface area contributed by atoms with Crippen molar-refractivity contribution in [2.75, 3.05) is 13.1 Å². The third kappa shape index (κ3) is 4.53. The SMILES string of the molecule is CCNCc1cccc(S(=O)(=O)NCC2(C)CCCC2)c1. The summed E-state index contributed by atoms with van der Waals surface area (Å²) in [5, 5.41) is 3.21. The molecule has 1 fully saturated rings. The van der Waals surface area contributed by atoms with Gasteiger partial charge in [0.2, 0.25) is 10.0 Å². The number of benzene rings is 1. The van der Waals surface area contributed by atoms with E-state index in [2.05, 4.69) is 17.0 Å². The molecule has 1 aromatic rings. The molecule has 2 rings (SSSR count). The van der Waals surface area contributed by atoms with Crippen LogP contribution in [0.3, 0.4) is 0 Å². The van der Waals surface area contributed by atoms with E-state index < -0.39 is 10.0 Å². The van der Waals surface area contributed by atoms with Gasteiger partial charge >= 0.3 is 0 Å². The second-order valence-corrected chi connectivity index (χ2v) is 8.04. The fourth-order valence-corrected chi connectivity index (χ4v) is 4.12. The molecule has 1 saturated carbocycles. The van der Waals surface area contributed by atoms with Crippen molar-refractivity contribution in [1.29, 1.82) is 0 Å². The topological polar surface area (TPSA) is 58.2 Å². The van der Waals surface area contributed by atoms with Gasteiger partial charge in [-0.15, -0.1) is 0 Å². The van der Waals surface area contributed by atoms with Crippen molar-refractivity contribution in [2.45, 2.75) is 51.0 Å². The van der Waals surface area contributed by atoms with Crippen LogP contribution in [-0.4, -0.2) is 21.5 Å². The lowest BCUT2D eigenvalue weighted by Crippen LogP contribution is -2.34. The lowest BCUT2D eigenvalue weighted by molar-refractivity contribution is 0.336. The Hall–Kier alpha value is -0.910. The van der Waals surface area contributed by atoms with Crippen molar-refractivity contribution >= 4 is 10.0 Å². The van der Waals surface area contributed by atoms with Crippen molar-refractivity contribution < 1.29 is 8.42 Å². The van der Waals surface area contributed by atoms with Crippen LogP contribution in [0.5, 0.6) is 0 Å². The zero-order valence-corrected chi connectivity index (χ0v) is 13.8. The highest BCUT2D eigenvalue weighted by atomic mass is 32.2. The molecule has 4 nitrogen and oxygen atoms in total. The van der Waals surface area contributed by atoms with E-state index in [4.69, 9.17) is 0 Å². The smallest absolute Gasteiger partial charge is 0.240 e. The normalized spacial score (nSPS) is 18.0. The summed E-state index contributed by atoms with van der Waals surface area (Å²) in [7, 11) is -3.41. The molecular weight excluding hydrogens is 284 g/mol. The van der Waals surface area contributed by atoms with Gasteiger partial charge in [-0.25, -0.2) is 13.1 Å². The molecule has 0 unspecified atom stereocenters. The minimum Gasteiger partial charge on any atom is -0.313 e. The summed E-state index contributed by atoms with van der Waals surface area (Å²) < 4.78 is 27.6. The number of sulfonamides is 1. The summed E-state index contributed by atoms with van der Waals surface area (Å²) >= 11 is 0. The molecule has 0 bridgehead atoms. The molecule has 0 radical (unpaired) electrons. The fraction of sp³-hybridized carbons (Fsp3) is 0.625. The van der Waals surface area contributed by atoms with Gasteiger partial charge in [-0.05, 0) is 42.5 Å². The molecule has 1 aliphatic carbocycles. The van der Waals surface area contributed by atoms with Crippen molar-refractivity contribution in [1.82, 2.24) is 10.0 Å². The average Bonchev–Trinajstić information content (AvgIpc) is 2.91. The Bertz CT molecular complexity index is 563. The molecule has 0 aromatic heterocycles. The Balaban J connectivity index is 2.04. The maximum absolute atomic E-state index is 12.4. The molecule has 1 aliphatic rings. The molecule has 118 valence electrons. The quantitative estimate of drug-likeness (QED) is 0.814. The van der Waals surface area contributed by atoms with Crippen LogP contribution in [0.1, 0.15) is 45.1 Å². The zero-order chi connectivity index (χ0) is 15.3. The Kier molecular flexibility index (Phi) is 5.41. The number of hydrogen-bond donors (Lipinski definition) is 2. The van der Waals surface area contributed by atoms with E-state index in [1.165, 1.54) is 12.8 Å². The zero-order valence-electron chi connectivity index (χ0n) is 13.0. The first-order valence-corrected chi connectivity index (χ1v) is 9.23. The Morgan fingerprint density at radius 3 is 2.62 bits per heavy atom. The van der Waals surface area contributed by atoms with Crippen LogP contribution in [0.2, 0.25) is 0 Å². The predicted octanol–water partition coefficient (Wildman–Crippen LogP) is 2.65. The molecular formula is C16H26N2O2S. The van der Waals surface area contributed by atoms with Gasteiger partial charge in [0.05, 0.1) is 4.90 Å². The summed E-state index contributed by atoms with van der Waals surface area (Å²) in [6, 6.07) is 7.16. The monoisotopic (exact) mass is 310 g/mol. The highest BCUT2D eigenvalue weighted by Crippen LogP contribution is 2.36. The third-order valence-corrected chi connectivity index (χ3v) is 5.69. The first kappa shape index (κ1) is 16.5. The Labute approximate surface area is 128 Å². The Morgan fingerprint density at radius 2 is 1.95 bits per heavy atom. The van der Waals surface area contributed by atoms with Gasteiger partial charge in [-0.1, -0.05) is 38.8 Å². The van der Waals surface area contributed by atoms with Gasteiger partial charge in [-0.2, -0.15) is 0 Å². The van der Waals surface area contributed by atoms with Crippen molar-refractivity contribution in [3.05, 3.63) is 29.8 Å². The molecule has 1 aromatic carbocycles. The van der Waals surface area contributed by atoms with E-state index in [0.717, 1.165) is 24.9 Å². The summed E-state index contributed by atoms with van der Waals surface area (Å²) in [6.07, 6.45) is 4.62. The summed E-state index contributed by atoms with van der Waals surface area (Å²) in [5.74, 6) is 0. The largest absolute Gasteiger partial charge is 0.313 e. The standard InChI is InChI=1S/C16H26N2O2S/c1-3-17-12-14-7-6-8-15(11-14)21(19,20)18-13-16(2)9-4-5-10-16/h6-8,11,17-18H,3-5,9-10,12-13H2,1-2H3. The molecule has 0 amide bonds. The molecule has 5 heteroatoms. The van der Waals surface area contributed by atoms with E-state index in [1.807, 2.05) is 13.0 Å². The van der Waals surface area contributed by atoms with Gasteiger partial charge in [0, 0.05) is 13.1 Å². The van der Waals surface area contributed by atoms with Crippen LogP contribution >= 0.6 is 0 Å². The van der Waals surface area contributed by atoms with Crippen molar-refractivity contribution in [2.24, 2.45) is 5.41 Å². The predicted molar refractivity (Wildman–Crippen MR) is 85.6 cm³/mol. The molecule has 0 heterocycles. The van der Waals surface area contributed by atoms with E-state index >= 15 is 0 Å². The number of rotatable bonds is 7. The second-order valence-electron chi connectivity index (χ2n) is 6.27. The van der Waals surface area contributed by atoms with Crippen LogP contribution in [0.4, 0.5) is 0 Å². The highest BCUT2D eigenvalue weighted by molar-refractivity contribution is 7.89. The van der Waals surface area contributed by atoms with Crippen molar-refractivity contribution in [3.63, 3.8) is 0 Å². The van der Waals surface area contributed by atoms with Gasteiger partial charge in [0.15, 0.2) is 0 Å². The fourth-order valence-electron chi connectivity index (χ4n) is 2.85. The van der Waals surface area contributed by atoms with Gasteiger partial charge in [-0.3, -0.25) is 0 Å². The lowest BCUT2D eigenvalue weighted by Gasteiger charge is -2.23. The number of hydrogen-bond acceptors (Lipinski definition) is 3. The van der Waals surface area contributed by atoms with Crippen molar-refractivity contribution in [3.8, 4) is 0 Å². The van der Waals surface area contributed by atoms with Crippen LogP contribution in [0.15, 0.2) is 29.2 Å². The summed E-state index contributed by atoms with van der Waals surface area (Å²) in [5.41, 5.74) is 1.11. The molecule has 0 saturated heterocycles. The minimum absolute atomic E-state index is 0.119. The summed E-state index contributed by atoms with van der Waals surface area (Å²) in [4.78, 5) is 0.361. The summed E-state index contributed by atoms with van der Waals surface area (Å²) in [6.45, 7) is 6.30. The maximum Gasteiger partial charge on any atom is 0.240 e. The van der Waals surface area contributed by atoms with Crippen LogP contribution in [-0.2, 0) is 16.6 Å². The molecule has 0 atom stereocenters. The Morgan fingerprint density at radius 1 is 1.24 bits per heavy atom. The average molecular weight is 310 g/mol. The lowest BCUT2D eigenvalue weighted by atomic mass is 9.89. The highest BCUT2D eigenvalue weighted by Gasteiger charge is 2.30. The molecule has 2 N–H and O–H groups in total. The van der Waals surface area contributed by atoms with E-state index in [9.17, 15) is 8.42 Å². The third-order valence-electron chi connectivity index (χ3n) is 4.29. The second kappa shape index (κ2) is 6.90. The van der Waals surface area contributed by atoms with Crippen LogP contribution < -0.4 is 10.0 Å². The van der Waals surface area contributed by atoms with E-state index in [0.29, 0.717) is 18.0 Å². The minimum atomic E-state index is -3.41. The van der Waals surface area contributed by atoms with Gasteiger partial charge in [0.1, 0.15) is 0 Å². The molecule has 0 aliphatic heterocycles. The maximum atomic E-state index is 12.4. The van der Waals surface area contributed by atoms with Gasteiger partial charge in [0.25, 0.3) is 0 Å². The number of nitrogens with one attached hydrogen (secondary N) is 2. The van der Waals surface area contributed by atoms with E-state index in [1.54, 1.807) is 18.2 Å².